The van der Waals surface area contributed by atoms with Crippen LogP contribution in [0.1, 0.15) is 32.6 Å². The summed E-state index contributed by atoms with van der Waals surface area (Å²) < 4.78 is 0. The molecule has 2 saturated heterocycles. The molecule has 2 amide bonds. The highest BCUT2D eigenvalue weighted by atomic mass is 35.5. The van der Waals surface area contributed by atoms with E-state index in [-0.39, 0.29) is 36.1 Å². The van der Waals surface area contributed by atoms with Crippen LogP contribution in [0.4, 0.5) is 0 Å². The number of hydrogen-bond acceptors (Lipinski definition) is 3. The zero-order valence-electron chi connectivity index (χ0n) is 12.2. The molecule has 2 unspecified atom stereocenters. The zero-order valence-corrected chi connectivity index (χ0v) is 13.0. The lowest BCUT2D eigenvalue weighted by Gasteiger charge is -2.33. The van der Waals surface area contributed by atoms with Gasteiger partial charge in [0.1, 0.15) is 0 Å². The predicted molar refractivity (Wildman–Crippen MR) is 80.8 cm³/mol. The number of halogens is 1. The highest BCUT2D eigenvalue weighted by molar-refractivity contribution is 5.85. The molecule has 0 aliphatic carbocycles. The van der Waals surface area contributed by atoms with Crippen LogP contribution in [0.3, 0.4) is 0 Å². The highest BCUT2D eigenvalue weighted by Gasteiger charge is 2.32. The Hall–Kier alpha value is -0.810. The average molecular weight is 304 g/mol. The van der Waals surface area contributed by atoms with Gasteiger partial charge < -0.3 is 15.5 Å². The summed E-state index contributed by atoms with van der Waals surface area (Å²) in [5, 5.41) is 6.17. The molecule has 0 spiro atoms. The minimum atomic E-state index is -0.0152. The van der Waals surface area contributed by atoms with Crippen molar-refractivity contribution in [1.82, 2.24) is 15.5 Å². The molecule has 0 radical (unpaired) electrons. The Kier molecular flexibility index (Phi) is 7.30. The Labute approximate surface area is 127 Å². The third kappa shape index (κ3) is 4.35. The largest absolute Gasteiger partial charge is 0.356 e. The summed E-state index contributed by atoms with van der Waals surface area (Å²) in [4.78, 5) is 26.2. The molecule has 2 rings (SSSR count). The first-order valence-corrected chi connectivity index (χ1v) is 7.49. The van der Waals surface area contributed by atoms with Gasteiger partial charge in [0.25, 0.3) is 0 Å². The number of piperidine rings is 1. The summed E-state index contributed by atoms with van der Waals surface area (Å²) in [6.45, 7) is 5.92. The molecule has 0 saturated carbocycles. The number of rotatable bonds is 4. The average Bonchev–Trinajstić information content (AvgIpc) is 2.98. The second-order valence-electron chi connectivity index (χ2n) is 5.60. The van der Waals surface area contributed by atoms with Gasteiger partial charge in [-0.2, -0.15) is 0 Å². The molecular weight excluding hydrogens is 278 g/mol. The summed E-state index contributed by atoms with van der Waals surface area (Å²) in [7, 11) is 0. The lowest BCUT2D eigenvalue weighted by molar-refractivity contribution is -0.138. The molecule has 0 aromatic heterocycles. The fourth-order valence-corrected chi connectivity index (χ4v) is 2.91. The molecule has 0 aromatic rings. The van der Waals surface area contributed by atoms with Crippen molar-refractivity contribution in [1.29, 1.82) is 0 Å². The SMILES string of the molecule is CCCNC(=O)C1CCCN(C(=O)C2CCNC2)C1.Cl. The van der Waals surface area contributed by atoms with Gasteiger partial charge in [-0.25, -0.2) is 0 Å². The van der Waals surface area contributed by atoms with E-state index in [0.29, 0.717) is 6.54 Å². The minimum Gasteiger partial charge on any atom is -0.356 e. The smallest absolute Gasteiger partial charge is 0.227 e. The van der Waals surface area contributed by atoms with E-state index >= 15 is 0 Å². The molecule has 0 aromatic carbocycles. The first-order chi connectivity index (χ1) is 9.22. The van der Waals surface area contributed by atoms with Crippen LogP contribution in [-0.4, -0.2) is 49.4 Å². The van der Waals surface area contributed by atoms with Gasteiger partial charge in [0.2, 0.25) is 11.8 Å². The molecule has 116 valence electrons. The topological polar surface area (TPSA) is 61.4 Å². The van der Waals surface area contributed by atoms with Gasteiger partial charge in [0, 0.05) is 26.2 Å². The molecule has 2 aliphatic heterocycles. The Morgan fingerprint density at radius 3 is 2.75 bits per heavy atom. The number of hydrogen-bond donors (Lipinski definition) is 2. The third-order valence-electron chi connectivity index (χ3n) is 4.06. The van der Waals surface area contributed by atoms with Gasteiger partial charge in [-0.1, -0.05) is 6.92 Å². The van der Waals surface area contributed by atoms with Crippen LogP contribution in [0.2, 0.25) is 0 Å². The van der Waals surface area contributed by atoms with Crippen LogP contribution in [0.25, 0.3) is 0 Å². The second-order valence-corrected chi connectivity index (χ2v) is 5.60. The highest BCUT2D eigenvalue weighted by Crippen LogP contribution is 2.20. The molecular formula is C14H26ClN3O2. The number of nitrogens with one attached hydrogen (secondary N) is 2. The van der Waals surface area contributed by atoms with E-state index in [1.54, 1.807) is 0 Å². The van der Waals surface area contributed by atoms with Gasteiger partial charge in [-0.05, 0) is 32.2 Å². The Morgan fingerprint density at radius 1 is 1.30 bits per heavy atom. The molecule has 2 heterocycles. The fourth-order valence-electron chi connectivity index (χ4n) is 2.91. The molecule has 0 bridgehead atoms. The van der Waals surface area contributed by atoms with Crippen molar-refractivity contribution in [3.8, 4) is 0 Å². The Balaban J connectivity index is 0.00000200. The van der Waals surface area contributed by atoms with Crippen molar-refractivity contribution < 1.29 is 9.59 Å². The number of amides is 2. The quantitative estimate of drug-likeness (QED) is 0.807. The lowest BCUT2D eigenvalue weighted by atomic mass is 9.95. The van der Waals surface area contributed by atoms with Crippen LogP contribution in [0, 0.1) is 11.8 Å². The van der Waals surface area contributed by atoms with Crippen LogP contribution < -0.4 is 10.6 Å². The van der Waals surface area contributed by atoms with Crippen molar-refractivity contribution in [3.05, 3.63) is 0 Å². The van der Waals surface area contributed by atoms with E-state index in [4.69, 9.17) is 0 Å². The molecule has 5 nitrogen and oxygen atoms in total. The van der Waals surface area contributed by atoms with Crippen molar-refractivity contribution in [2.24, 2.45) is 11.8 Å². The van der Waals surface area contributed by atoms with Crippen LogP contribution in [0.5, 0.6) is 0 Å². The number of likely N-dealkylation sites (tertiary alicyclic amines) is 1. The maximum atomic E-state index is 12.3. The summed E-state index contributed by atoms with van der Waals surface area (Å²) in [5.74, 6) is 0.456. The lowest BCUT2D eigenvalue weighted by Crippen LogP contribution is -2.47. The van der Waals surface area contributed by atoms with E-state index in [9.17, 15) is 9.59 Å². The maximum absolute atomic E-state index is 12.3. The van der Waals surface area contributed by atoms with Gasteiger partial charge in [-0.3, -0.25) is 9.59 Å². The Morgan fingerprint density at radius 2 is 2.10 bits per heavy atom. The predicted octanol–water partition coefficient (Wildman–Crippen LogP) is 0.782. The molecule has 2 N–H and O–H groups in total. The van der Waals surface area contributed by atoms with Gasteiger partial charge in [0.05, 0.1) is 11.8 Å². The maximum Gasteiger partial charge on any atom is 0.227 e. The van der Waals surface area contributed by atoms with E-state index in [2.05, 4.69) is 10.6 Å². The van der Waals surface area contributed by atoms with Crippen LogP contribution in [0.15, 0.2) is 0 Å². The molecule has 6 heteroatoms. The van der Waals surface area contributed by atoms with Crippen LogP contribution in [-0.2, 0) is 9.59 Å². The van der Waals surface area contributed by atoms with Gasteiger partial charge in [0.15, 0.2) is 0 Å². The summed E-state index contributed by atoms with van der Waals surface area (Å²) in [6, 6.07) is 0. The van der Waals surface area contributed by atoms with E-state index in [1.807, 2.05) is 11.8 Å². The molecule has 2 fully saturated rings. The van der Waals surface area contributed by atoms with E-state index in [0.717, 1.165) is 51.9 Å². The normalized spacial score (nSPS) is 25.9. The van der Waals surface area contributed by atoms with Crippen molar-refractivity contribution in [2.45, 2.75) is 32.6 Å². The van der Waals surface area contributed by atoms with Crippen LogP contribution >= 0.6 is 12.4 Å². The number of carbonyl (C=O) groups excluding carboxylic acids is 2. The monoisotopic (exact) mass is 303 g/mol. The molecule has 2 atom stereocenters. The molecule has 2 aliphatic rings. The van der Waals surface area contributed by atoms with E-state index in [1.165, 1.54) is 0 Å². The van der Waals surface area contributed by atoms with E-state index < -0.39 is 0 Å². The minimum absolute atomic E-state index is 0. The standard InChI is InChI=1S/C14H25N3O2.ClH/c1-2-6-16-13(18)12-4-3-8-17(10-12)14(19)11-5-7-15-9-11;/h11-12,15H,2-10H2,1H3,(H,16,18);1H. The summed E-state index contributed by atoms with van der Waals surface area (Å²) in [5.41, 5.74) is 0. The van der Waals surface area contributed by atoms with Gasteiger partial charge in [-0.15, -0.1) is 12.4 Å². The second kappa shape index (κ2) is 8.47. The first-order valence-electron chi connectivity index (χ1n) is 7.49. The van der Waals surface area contributed by atoms with Gasteiger partial charge >= 0.3 is 0 Å². The van der Waals surface area contributed by atoms with Crippen molar-refractivity contribution >= 4 is 24.2 Å². The third-order valence-corrected chi connectivity index (χ3v) is 4.06. The summed E-state index contributed by atoms with van der Waals surface area (Å²) >= 11 is 0. The van der Waals surface area contributed by atoms with Crippen molar-refractivity contribution in [2.75, 3.05) is 32.7 Å². The number of carbonyl (C=O) groups is 2. The van der Waals surface area contributed by atoms with Crippen molar-refractivity contribution in [3.63, 3.8) is 0 Å². The summed E-state index contributed by atoms with van der Waals surface area (Å²) in [6.07, 6.45) is 3.73. The molecule has 20 heavy (non-hydrogen) atoms. The first kappa shape index (κ1) is 17.2. The Bertz CT molecular complexity index is 332. The fraction of sp³-hybridized carbons (Fsp3) is 0.857. The number of nitrogens with zero attached hydrogens (tertiary/aromatic N) is 1. The zero-order chi connectivity index (χ0) is 13.7.